The summed E-state index contributed by atoms with van der Waals surface area (Å²) in [6.07, 6.45) is 1.04. The molecule has 1 aliphatic rings. The van der Waals surface area contributed by atoms with Gasteiger partial charge in [0.05, 0.1) is 17.7 Å². The third kappa shape index (κ3) is 3.04. The molecular formula is C19H20N2O4. The van der Waals surface area contributed by atoms with Gasteiger partial charge in [-0.1, -0.05) is 0 Å². The number of pyridine rings is 1. The molecule has 0 bridgehead atoms. The summed E-state index contributed by atoms with van der Waals surface area (Å²) in [5, 5.41) is 29.1. The molecule has 2 atom stereocenters. The zero-order chi connectivity index (χ0) is 18.2. The first-order chi connectivity index (χ1) is 11.9. The number of aliphatic hydroxyl groups excluding tert-OH is 2. The van der Waals surface area contributed by atoms with E-state index in [1.165, 1.54) is 10.6 Å². The van der Waals surface area contributed by atoms with Crippen molar-refractivity contribution in [1.29, 1.82) is 5.26 Å². The van der Waals surface area contributed by atoms with E-state index in [-0.39, 0.29) is 12.2 Å². The van der Waals surface area contributed by atoms with E-state index in [1.807, 2.05) is 0 Å². The van der Waals surface area contributed by atoms with Gasteiger partial charge in [-0.2, -0.15) is 5.26 Å². The normalized spacial score (nSPS) is 21.1. The Morgan fingerprint density at radius 3 is 2.72 bits per heavy atom. The van der Waals surface area contributed by atoms with Crippen LogP contribution in [0.5, 0.6) is 5.75 Å². The number of hydrogen-bond acceptors (Lipinski definition) is 5. The van der Waals surface area contributed by atoms with Gasteiger partial charge in [-0.3, -0.25) is 4.79 Å². The number of aliphatic hydroxyl groups is 2. The number of ether oxygens (including phenoxy) is 1. The van der Waals surface area contributed by atoms with Crippen molar-refractivity contribution in [2.45, 2.75) is 38.0 Å². The van der Waals surface area contributed by atoms with Gasteiger partial charge in [-0.25, -0.2) is 0 Å². The molecule has 1 aliphatic heterocycles. The highest BCUT2D eigenvalue weighted by Crippen LogP contribution is 2.41. The minimum Gasteiger partial charge on any atom is -0.485 e. The molecule has 0 saturated heterocycles. The third-order valence-corrected chi connectivity index (χ3v) is 4.55. The van der Waals surface area contributed by atoms with Crippen molar-refractivity contribution in [1.82, 2.24) is 4.57 Å². The molecule has 0 aliphatic carbocycles. The van der Waals surface area contributed by atoms with Crippen LogP contribution in [-0.2, 0) is 6.42 Å². The highest BCUT2D eigenvalue weighted by molar-refractivity contribution is 5.46. The highest BCUT2D eigenvalue weighted by atomic mass is 16.5. The predicted molar refractivity (Wildman–Crippen MR) is 91.5 cm³/mol. The quantitative estimate of drug-likeness (QED) is 0.880. The molecule has 2 heterocycles. The van der Waals surface area contributed by atoms with Crippen LogP contribution in [0.15, 0.2) is 41.3 Å². The van der Waals surface area contributed by atoms with Crippen LogP contribution in [-0.4, -0.2) is 33.1 Å². The number of aromatic nitrogens is 1. The first-order valence-electron chi connectivity index (χ1n) is 8.10. The van der Waals surface area contributed by atoms with E-state index in [0.29, 0.717) is 23.3 Å². The van der Waals surface area contributed by atoms with E-state index in [4.69, 9.17) is 15.1 Å². The summed E-state index contributed by atoms with van der Waals surface area (Å²) in [4.78, 5) is 12.6. The van der Waals surface area contributed by atoms with Crippen molar-refractivity contribution in [2.75, 3.05) is 6.61 Å². The number of rotatable bonds is 3. The number of fused-ring (bicyclic) bond motifs is 1. The van der Waals surface area contributed by atoms with Gasteiger partial charge in [0.1, 0.15) is 17.5 Å². The standard InChI is InChI=1S/C19H20N2O4/c1-19(2)18(24)17(14-9-13(11-20)3-4-15(14)25-19)21-7-5-12(6-8-22)10-16(21)23/h3-5,7,9-10,17-18,22,24H,6,8H2,1-2H3/t17-,18+/m0/s1. The summed E-state index contributed by atoms with van der Waals surface area (Å²) in [6, 6.07) is 9.61. The van der Waals surface area contributed by atoms with E-state index in [9.17, 15) is 9.90 Å². The first-order valence-corrected chi connectivity index (χ1v) is 8.10. The fraction of sp³-hybridized carbons (Fsp3) is 0.368. The Balaban J connectivity index is 2.17. The predicted octanol–water partition coefficient (Wildman–Crippen LogP) is 1.38. The van der Waals surface area contributed by atoms with Gasteiger partial charge in [0.25, 0.3) is 5.56 Å². The SMILES string of the molecule is CC1(C)Oc2ccc(C#N)cc2[C@H](n2ccc(CCO)cc2=O)[C@H]1O. The van der Waals surface area contributed by atoms with Crippen LogP contribution in [0.4, 0.5) is 0 Å². The lowest BCUT2D eigenvalue weighted by Crippen LogP contribution is -2.52. The summed E-state index contributed by atoms with van der Waals surface area (Å²) in [5.41, 5.74) is 0.596. The van der Waals surface area contributed by atoms with Crippen molar-refractivity contribution < 1.29 is 14.9 Å². The molecule has 0 unspecified atom stereocenters. The molecule has 25 heavy (non-hydrogen) atoms. The average molecular weight is 340 g/mol. The van der Waals surface area contributed by atoms with E-state index in [2.05, 4.69) is 6.07 Å². The summed E-state index contributed by atoms with van der Waals surface area (Å²) < 4.78 is 7.33. The second kappa shape index (κ2) is 6.36. The lowest BCUT2D eigenvalue weighted by molar-refractivity contribution is -0.0642. The van der Waals surface area contributed by atoms with Crippen LogP contribution in [0.1, 0.15) is 36.6 Å². The molecule has 2 aromatic rings. The Hall–Kier alpha value is -2.62. The second-order valence-corrected chi connectivity index (χ2v) is 6.71. The van der Waals surface area contributed by atoms with Gasteiger partial charge < -0.3 is 19.5 Å². The number of nitriles is 1. The Morgan fingerprint density at radius 1 is 1.32 bits per heavy atom. The van der Waals surface area contributed by atoms with Crippen molar-refractivity contribution in [2.24, 2.45) is 0 Å². The summed E-state index contributed by atoms with van der Waals surface area (Å²) in [5.74, 6) is 0.547. The minimum atomic E-state index is -0.977. The zero-order valence-electron chi connectivity index (χ0n) is 14.1. The minimum absolute atomic E-state index is 0.0370. The van der Waals surface area contributed by atoms with Gasteiger partial charge in [0.2, 0.25) is 0 Å². The molecule has 0 radical (unpaired) electrons. The molecule has 6 heteroatoms. The van der Waals surface area contributed by atoms with Crippen LogP contribution in [0, 0.1) is 11.3 Å². The van der Waals surface area contributed by atoms with E-state index in [0.717, 1.165) is 5.56 Å². The molecule has 0 spiro atoms. The van der Waals surface area contributed by atoms with Gasteiger partial charge in [0, 0.05) is 24.4 Å². The number of nitrogens with zero attached hydrogens (tertiary/aromatic N) is 2. The molecule has 2 N–H and O–H groups in total. The van der Waals surface area contributed by atoms with Crippen molar-refractivity contribution >= 4 is 0 Å². The van der Waals surface area contributed by atoms with E-state index in [1.54, 1.807) is 44.3 Å². The Kier molecular flexibility index (Phi) is 4.38. The van der Waals surface area contributed by atoms with Crippen molar-refractivity contribution in [3.8, 4) is 11.8 Å². The molecule has 1 aromatic heterocycles. The smallest absolute Gasteiger partial charge is 0.251 e. The first kappa shape index (κ1) is 17.2. The average Bonchev–Trinajstić information content (AvgIpc) is 2.57. The maximum atomic E-state index is 12.6. The van der Waals surface area contributed by atoms with Crippen molar-refractivity contribution in [3.63, 3.8) is 0 Å². The number of benzene rings is 1. The third-order valence-electron chi connectivity index (χ3n) is 4.55. The Labute approximate surface area is 145 Å². The highest BCUT2D eigenvalue weighted by Gasteiger charge is 2.44. The fourth-order valence-electron chi connectivity index (χ4n) is 3.18. The molecule has 0 amide bonds. The molecule has 6 nitrogen and oxygen atoms in total. The zero-order valence-corrected chi connectivity index (χ0v) is 14.1. The molecule has 3 rings (SSSR count). The summed E-state index contributed by atoms with van der Waals surface area (Å²) >= 11 is 0. The lowest BCUT2D eigenvalue weighted by atomic mass is 9.85. The van der Waals surface area contributed by atoms with Gasteiger partial charge in [-0.15, -0.1) is 0 Å². The molecule has 0 saturated carbocycles. The van der Waals surface area contributed by atoms with Crippen LogP contribution in [0.25, 0.3) is 0 Å². The van der Waals surface area contributed by atoms with E-state index < -0.39 is 17.7 Å². The van der Waals surface area contributed by atoms with Crippen molar-refractivity contribution in [3.05, 3.63) is 63.6 Å². The van der Waals surface area contributed by atoms with Gasteiger partial charge in [0.15, 0.2) is 0 Å². The molecular weight excluding hydrogens is 320 g/mol. The van der Waals surface area contributed by atoms with Gasteiger partial charge >= 0.3 is 0 Å². The molecule has 130 valence electrons. The largest absolute Gasteiger partial charge is 0.485 e. The van der Waals surface area contributed by atoms with Gasteiger partial charge in [-0.05, 0) is 50.1 Å². The van der Waals surface area contributed by atoms with E-state index >= 15 is 0 Å². The summed E-state index contributed by atoms with van der Waals surface area (Å²) in [7, 11) is 0. The van der Waals surface area contributed by atoms with Crippen LogP contribution in [0.3, 0.4) is 0 Å². The Morgan fingerprint density at radius 2 is 2.08 bits per heavy atom. The molecule has 0 fully saturated rings. The topological polar surface area (TPSA) is 95.5 Å². The van der Waals surface area contributed by atoms with Crippen LogP contribution >= 0.6 is 0 Å². The molecule has 1 aromatic carbocycles. The summed E-state index contributed by atoms with van der Waals surface area (Å²) in [6.45, 7) is 3.48. The maximum Gasteiger partial charge on any atom is 0.251 e. The maximum absolute atomic E-state index is 12.6. The monoisotopic (exact) mass is 340 g/mol. The lowest BCUT2D eigenvalue weighted by Gasteiger charge is -2.42. The van der Waals surface area contributed by atoms with Crippen LogP contribution < -0.4 is 10.3 Å². The number of hydrogen-bond donors (Lipinski definition) is 2. The second-order valence-electron chi connectivity index (χ2n) is 6.71. The fourth-order valence-corrected chi connectivity index (χ4v) is 3.18. The Bertz CT molecular complexity index is 895. The van der Waals surface area contributed by atoms with Crippen LogP contribution in [0.2, 0.25) is 0 Å².